The Balaban J connectivity index is 1.73. The molecule has 1 nitrogen and oxygen atoms in total. The number of hydrogen-bond acceptors (Lipinski definition) is 1. The van der Waals surface area contributed by atoms with Crippen LogP contribution in [0.5, 0.6) is 0 Å². The third kappa shape index (κ3) is 3.21. The molecule has 0 aromatic heterocycles. The normalized spacial score (nSPS) is 32.0. The summed E-state index contributed by atoms with van der Waals surface area (Å²) in [5, 5.41) is 0. The Morgan fingerprint density at radius 2 is 1.87 bits per heavy atom. The van der Waals surface area contributed by atoms with Crippen molar-refractivity contribution in [3.05, 3.63) is 0 Å². The maximum absolute atomic E-state index is 2.51. The van der Waals surface area contributed by atoms with Crippen LogP contribution < -0.4 is 0 Å². The zero-order valence-corrected chi connectivity index (χ0v) is 10.5. The quantitative estimate of drug-likeness (QED) is 0.687. The molecular formula is C14H27N. The van der Waals surface area contributed by atoms with Crippen molar-refractivity contribution in [1.82, 2.24) is 4.90 Å². The van der Waals surface area contributed by atoms with Crippen LogP contribution in [0.4, 0.5) is 0 Å². The van der Waals surface area contributed by atoms with Gasteiger partial charge in [-0.05, 0) is 44.2 Å². The van der Waals surface area contributed by atoms with Gasteiger partial charge in [0, 0.05) is 6.54 Å². The van der Waals surface area contributed by atoms with E-state index in [1.54, 1.807) is 0 Å². The average molecular weight is 209 g/mol. The van der Waals surface area contributed by atoms with Crippen molar-refractivity contribution in [1.29, 1.82) is 0 Å². The maximum atomic E-state index is 2.51. The van der Waals surface area contributed by atoms with Gasteiger partial charge in [-0.15, -0.1) is 0 Å². The van der Waals surface area contributed by atoms with Gasteiger partial charge < -0.3 is 4.90 Å². The fourth-order valence-corrected chi connectivity index (χ4v) is 3.64. The Morgan fingerprint density at radius 1 is 1.13 bits per heavy atom. The first-order valence-corrected chi connectivity index (χ1v) is 6.94. The Morgan fingerprint density at radius 3 is 2.47 bits per heavy atom. The highest BCUT2D eigenvalue weighted by Crippen LogP contribution is 2.34. The van der Waals surface area contributed by atoms with Crippen molar-refractivity contribution in [2.45, 2.75) is 51.9 Å². The molecule has 1 saturated heterocycles. The monoisotopic (exact) mass is 209 g/mol. The fourth-order valence-electron chi connectivity index (χ4n) is 3.64. The van der Waals surface area contributed by atoms with Gasteiger partial charge in [0.15, 0.2) is 0 Å². The molecule has 15 heavy (non-hydrogen) atoms. The van der Waals surface area contributed by atoms with E-state index < -0.39 is 0 Å². The zero-order chi connectivity index (χ0) is 10.7. The van der Waals surface area contributed by atoms with E-state index in [1.807, 2.05) is 0 Å². The van der Waals surface area contributed by atoms with Crippen LogP contribution >= 0.6 is 0 Å². The molecule has 2 rings (SSSR count). The van der Waals surface area contributed by atoms with E-state index in [0.29, 0.717) is 0 Å². The van der Waals surface area contributed by atoms with Crippen molar-refractivity contribution in [2.75, 3.05) is 20.1 Å². The molecule has 1 saturated carbocycles. The van der Waals surface area contributed by atoms with Gasteiger partial charge in [-0.3, -0.25) is 0 Å². The van der Waals surface area contributed by atoms with E-state index in [9.17, 15) is 0 Å². The lowest BCUT2D eigenvalue weighted by Gasteiger charge is -2.29. The minimum absolute atomic E-state index is 0.988. The molecule has 0 spiro atoms. The predicted molar refractivity (Wildman–Crippen MR) is 66.0 cm³/mol. The third-order valence-electron chi connectivity index (χ3n) is 4.65. The molecule has 88 valence electrons. The molecule has 1 aliphatic heterocycles. The molecule has 2 atom stereocenters. The lowest BCUT2D eigenvalue weighted by molar-refractivity contribution is 0.225. The molecule has 1 heteroatoms. The molecule has 1 aliphatic carbocycles. The number of likely N-dealkylation sites (tertiary alicyclic amines) is 1. The van der Waals surface area contributed by atoms with Crippen LogP contribution in [0.1, 0.15) is 51.9 Å². The summed E-state index contributed by atoms with van der Waals surface area (Å²) in [6.45, 7) is 5.20. The summed E-state index contributed by atoms with van der Waals surface area (Å²) in [6.07, 6.45) is 10.5. The van der Waals surface area contributed by atoms with E-state index in [2.05, 4.69) is 18.9 Å². The van der Waals surface area contributed by atoms with E-state index in [4.69, 9.17) is 0 Å². The highest BCUT2D eigenvalue weighted by Gasteiger charge is 2.26. The van der Waals surface area contributed by atoms with Gasteiger partial charge in [-0.25, -0.2) is 0 Å². The Bertz CT molecular complexity index is 184. The second-order valence-electron chi connectivity index (χ2n) is 6.03. The summed E-state index contributed by atoms with van der Waals surface area (Å²) in [5.74, 6) is 3.05. The van der Waals surface area contributed by atoms with Gasteiger partial charge in [0.05, 0.1) is 0 Å². The maximum Gasteiger partial charge on any atom is 0.000719 e. The van der Waals surface area contributed by atoms with Crippen LogP contribution in [-0.4, -0.2) is 25.0 Å². The van der Waals surface area contributed by atoms with Crippen molar-refractivity contribution in [3.63, 3.8) is 0 Å². The van der Waals surface area contributed by atoms with Crippen molar-refractivity contribution >= 4 is 0 Å². The number of hydrogen-bond donors (Lipinski definition) is 0. The molecule has 0 N–H and O–H groups in total. The molecule has 0 amide bonds. The Labute approximate surface area is 95.2 Å². The minimum atomic E-state index is 0.988. The summed E-state index contributed by atoms with van der Waals surface area (Å²) in [5.41, 5.74) is 0. The summed E-state index contributed by atoms with van der Waals surface area (Å²) in [4.78, 5) is 2.50. The highest BCUT2D eigenvalue weighted by atomic mass is 15.1. The summed E-state index contributed by atoms with van der Waals surface area (Å²) >= 11 is 0. The second kappa shape index (κ2) is 5.34. The van der Waals surface area contributed by atoms with E-state index >= 15 is 0 Å². The fraction of sp³-hybridized carbons (Fsp3) is 1.00. The largest absolute Gasteiger partial charge is 0.306 e. The predicted octanol–water partition coefficient (Wildman–Crippen LogP) is 3.54. The van der Waals surface area contributed by atoms with Gasteiger partial charge in [0.2, 0.25) is 0 Å². The van der Waals surface area contributed by atoms with Crippen LogP contribution in [0.15, 0.2) is 0 Å². The van der Waals surface area contributed by atoms with Crippen molar-refractivity contribution < 1.29 is 0 Å². The smallest absolute Gasteiger partial charge is 0.000719 e. The van der Waals surface area contributed by atoms with Gasteiger partial charge in [-0.1, -0.05) is 39.0 Å². The van der Waals surface area contributed by atoms with Gasteiger partial charge >= 0.3 is 0 Å². The first-order chi connectivity index (χ1) is 7.25. The van der Waals surface area contributed by atoms with Gasteiger partial charge in [-0.2, -0.15) is 0 Å². The molecular weight excluding hydrogens is 182 g/mol. The zero-order valence-electron chi connectivity index (χ0n) is 10.5. The number of nitrogens with zero attached hydrogens (tertiary/aromatic N) is 1. The van der Waals surface area contributed by atoms with Crippen LogP contribution in [0, 0.1) is 17.8 Å². The Kier molecular flexibility index (Phi) is 4.07. The van der Waals surface area contributed by atoms with E-state index in [0.717, 1.165) is 17.8 Å². The van der Waals surface area contributed by atoms with E-state index in [1.165, 1.54) is 58.0 Å². The standard InChI is InChI=1S/C14H27N/c1-12(14-6-4-3-5-7-14)10-13-8-9-15(2)11-13/h12-14H,3-11H2,1-2H3. The number of rotatable bonds is 3. The van der Waals surface area contributed by atoms with Crippen molar-refractivity contribution in [3.8, 4) is 0 Å². The summed E-state index contributed by atoms with van der Waals surface area (Å²) in [6, 6.07) is 0. The molecule has 0 aromatic carbocycles. The van der Waals surface area contributed by atoms with Crippen LogP contribution in [0.3, 0.4) is 0 Å². The van der Waals surface area contributed by atoms with Gasteiger partial charge in [0.25, 0.3) is 0 Å². The lowest BCUT2D eigenvalue weighted by Crippen LogP contribution is -2.20. The first kappa shape index (κ1) is 11.4. The summed E-state index contributed by atoms with van der Waals surface area (Å²) in [7, 11) is 2.27. The molecule has 0 radical (unpaired) electrons. The van der Waals surface area contributed by atoms with Crippen LogP contribution in [0.2, 0.25) is 0 Å². The highest BCUT2D eigenvalue weighted by molar-refractivity contribution is 4.78. The second-order valence-corrected chi connectivity index (χ2v) is 6.03. The first-order valence-electron chi connectivity index (χ1n) is 6.94. The lowest BCUT2D eigenvalue weighted by atomic mass is 9.77. The van der Waals surface area contributed by atoms with E-state index in [-0.39, 0.29) is 0 Å². The molecule has 2 fully saturated rings. The van der Waals surface area contributed by atoms with Crippen molar-refractivity contribution in [2.24, 2.45) is 17.8 Å². The summed E-state index contributed by atoms with van der Waals surface area (Å²) < 4.78 is 0. The van der Waals surface area contributed by atoms with Crippen LogP contribution in [0.25, 0.3) is 0 Å². The SMILES string of the molecule is CC(CC1CCN(C)C1)C1CCCCC1. The molecule has 2 unspecified atom stereocenters. The third-order valence-corrected chi connectivity index (χ3v) is 4.65. The molecule has 0 bridgehead atoms. The molecule has 2 aliphatic rings. The Hall–Kier alpha value is -0.0400. The molecule has 1 heterocycles. The molecule has 0 aromatic rings. The minimum Gasteiger partial charge on any atom is -0.306 e. The average Bonchev–Trinajstić information content (AvgIpc) is 2.65. The topological polar surface area (TPSA) is 3.24 Å². The van der Waals surface area contributed by atoms with Crippen LogP contribution in [-0.2, 0) is 0 Å². The van der Waals surface area contributed by atoms with Gasteiger partial charge in [0.1, 0.15) is 0 Å².